The van der Waals surface area contributed by atoms with Gasteiger partial charge in [-0.25, -0.2) is 13.8 Å². The van der Waals surface area contributed by atoms with Gasteiger partial charge in [-0.1, -0.05) is 18.2 Å². The summed E-state index contributed by atoms with van der Waals surface area (Å²) in [6, 6.07) is 10.2. The van der Waals surface area contributed by atoms with Gasteiger partial charge in [-0.15, -0.1) is 0 Å². The van der Waals surface area contributed by atoms with E-state index in [9.17, 15) is 23.2 Å². The molecule has 2 aliphatic heterocycles. The maximum atomic E-state index is 14.8. The number of hydrogen-bond acceptors (Lipinski definition) is 7. The summed E-state index contributed by atoms with van der Waals surface area (Å²) in [6.07, 6.45) is 5.18. The zero-order chi connectivity index (χ0) is 25.9. The molecule has 3 heterocycles. The standard InChI is InChI=1S/C26H21F2N5O3S/c27-19-5-2-1-4-17(19)25(35)33-9-3-8-32(10-11-33)23-15-29-14-21(30-23)18-12-16(6-7-20(18)28)13-22-24(34)31-26(36)37-22/h1-2,4-7,12-15H,3,8-11H2,(H,31,34,36)/b22-13+. The molecule has 2 fully saturated rings. The summed E-state index contributed by atoms with van der Waals surface area (Å²) < 4.78 is 28.9. The van der Waals surface area contributed by atoms with E-state index in [-0.39, 0.29) is 21.9 Å². The molecule has 188 valence electrons. The van der Waals surface area contributed by atoms with Crippen LogP contribution in [0.4, 0.5) is 19.4 Å². The second kappa shape index (κ2) is 10.5. The summed E-state index contributed by atoms with van der Waals surface area (Å²) in [4.78, 5) is 48.8. The van der Waals surface area contributed by atoms with Gasteiger partial charge in [0.2, 0.25) is 0 Å². The molecule has 3 amide bonds. The Hall–Kier alpha value is -4.12. The molecule has 0 radical (unpaired) electrons. The van der Waals surface area contributed by atoms with E-state index >= 15 is 0 Å². The summed E-state index contributed by atoms with van der Waals surface area (Å²) in [7, 11) is 0. The van der Waals surface area contributed by atoms with Crippen LogP contribution in [0.3, 0.4) is 0 Å². The van der Waals surface area contributed by atoms with E-state index in [1.165, 1.54) is 36.5 Å². The first-order valence-electron chi connectivity index (χ1n) is 11.5. The first kappa shape index (κ1) is 24.6. The highest BCUT2D eigenvalue weighted by molar-refractivity contribution is 8.18. The number of hydrogen-bond donors (Lipinski definition) is 1. The molecule has 11 heteroatoms. The van der Waals surface area contributed by atoms with E-state index in [1.54, 1.807) is 29.3 Å². The lowest BCUT2D eigenvalue weighted by Gasteiger charge is -2.23. The van der Waals surface area contributed by atoms with E-state index in [4.69, 9.17) is 0 Å². The number of carbonyl (C=O) groups excluding carboxylic acids is 3. The lowest BCUT2D eigenvalue weighted by Crippen LogP contribution is -2.35. The third-order valence-electron chi connectivity index (χ3n) is 6.04. The molecule has 3 aromatic rings. The molecule has 1 N–H and O–H groups in total. The van der Waals surface area contributed by atoms with Crippen molar-refractivity contribution in [1.29, 1.82) is 0 Å². The van der Waals surface area contributed by atoms with Crippen LogP contribution in [0, 0.1) is 11.6 Å². The Morgan fingerprint density at radius 1 is 1.00 bits per heavy atom. The van der Waals surface area contributed by atoms with Crippen LogP contribution in [0.25, 0.3) is 17.3 Å². The summed E-state index contributed by atoms with van der Waals surface area (Å²) in [5.74, 6) is -1.39. The molecule has 8 nitrogen and oxygen atoms in total. The van der Waals surface area contributed by atoms with Gasteiger partial charge in [0.25, 0.3) is 17.1 Å². The number of nitrogens with one attached hydrogen (secondary N) is 1. The molecule has 0 saturated carbocycles. The normalized spacial score (nSPS) is 17.2. The summed E-state index contributed by atoms with van der Waals surface area (Å²) in [5.41, 5.74) is 1.08. The Morgan fingerprint density at radius 2 is 1.84 bits per heavy atom. The van der Waals surface area contributed by atoms with Crippen molar-refractivity contribution in [3.63, 3.8) is 0 Å². The molecule has 2 saturated heterocycles. The van der Waals surface area contributed by atoms with Crippen molar-refractivity contribution in [2.75, 3.05) is 31.1 Å². The molecule has 2 aromatic carbocycles. The number of amides is 3. The Kier molecular flexibility index (Phi) is 6.95. The zero-order valence-corrected chi connectivity index (χ0v) is 20.3. The molecule has 5 rings (SSSR count). The van der Waals surface area contributed by atoms with Gasteiger partial charge < -0.3 is 9.80 Å². The second-order valence-corrected chi connectivity index (χ2v) is 9.48. The van der Waals surface area contributed by atoms with Crippen molar-refractivity contribution in [3.8, 4) is 11.3 Å². The zero-order valence-electron chi connectivity index (χ0n) is 19.5. The number of benzene rings is 2. The minimum atomic E-state index is -0.550. The molecular weight excluding hydrogens is 500 g/mol. The predicted octanol–water partition coefficient (Wildman–Crippen LogP) is 4.10. The topological polar surface area (TPSA) is 95.5 Å². The number of thioether (sulfide) groups is 1. The summed E-state index contributed by atoms with van der Waals surface area (Å²) >= 11 is 0.783. The monoisotopic (exact) mass is 521 g/mol. The Labute approximate surface area is 215 Å². The molecule has 2 aliphatic rings. The van der Waals surface area contributed by atoms with Gasteiger partial charge in [0.05, 0.1) is 28.6 Å². The quantitative estimate of drug-likeness (QED) is 0.517. The van der Waals surface area contributed by atoms with Crippen LogP contribution in [0.2, 0.25) is 0 Å². The molecule has 37 heavy (non-hydrogen) atoms. The Bertz CT molecular complexity index is 1430. The van der Waals surface area contributed by atoms with Crippen molar-refractivity contribution in [1.82, 2.24) is 20.2 Å². The lowest BCUT2D eigenvalue weighted by atomic mass is 10.1. The highest BCUT2D eigenvalue weighted by Gasteiger charge is 2.26. The fourth-order valence-electron chi connectivity index (χ4n) is 4.19. The Balaban J connectivity index is 1.35. The minimum Gasteiger partial charge on any atom is -0.353 e. The first-order valence-corrected chi connectivity index (χ1v) is 12.4. The van der Waals surface area contributed by atoms with Gasteiger partial charge in [0.1, 0.15) is 17.5 Å². The van der Waals surface area contributed by atoms with Gasteiger partial charge in [-0.3, -0.25) is 24.7 Å². The van der Waals surface area contributed by atoms with E-state index in [0.29, 0.717) is 49.7 Å². The lowest BCUT2D eigenvalue weighted by molar-refractivity contribution is -0.115. The summed E-state index contributed by atoms with van der Waals surface area (Å²) in [6.45, 7) is 1.88. The number of halogens is 2. The third-order valence-corrected chi connectivity index (χ3v) is 6.85. The average molecular weight is 522 g/mol. The van der Waals surface area contributed by atoms with Crippen molar-refractivity contribution >= 4 is 40.7 Å². The fraction of sp³-hybridized carbons (Fsp3) is 0.192. The number of carbonyl (C=O) groups is 3. The van der Waals surface area contributed by atoms with Crippen LogP contribution in [0.5, 0.6) is 0 Å². The fourth-order valence-corrected chi connectivity index (χ4v) is 4.88. The van der Waals surface area contributed by atoms with Crippen molar-refractivity contribution in [2.24, 2.45) is 0 Å². The minimum absolute atomic E-state index is 0.0425. The van der Waals surface area contributed by atoms with Crippen LogP contribution < -0.4 is 10.2 Å². The van der Waals surface area contributed by atoms with Gasteiger partial charge in [-0.2, -0.15) is 0 Å². The number of nitrogens with zero attached hydrogens (tertiary/aromatic N) is 4. The van der Waals surface area contributed by atoms with Crippen LogP contribution in [0.1, 0.15) is 22.3 Å². The smallest absolute Gasteiger partial charge is 0.290 e. The molecule has 0 atom stereocenters. The van der Waals surface area contributed by atoms with Crippen LogP contribution in [0.15, 0.2) is 59.8 Å². The average Bonchev–Trinajstić information content (AvgIpc) is 3.07. The van der Waals surface area contributed by atoms with Gasteiger partial charge in [0, 0.05) is 31.7 Å². The van der Waals surface area contributed by atoms with Crippen LogP contribution >= 0.6 is 11.8 Å². The Morgan fingerprint density at radius 3 is 2.62 bits per heavy atom. The maximum Gasteiger partial charge on any atom is 0.290 e. The molecular formula is C26H21F2N5O3S. The molecule has 0 bridgehead atoms. The van der Waals surface area contributed by atoms with Crippen LogP contribution in [-0.4, -0.2) is 58.1 Å². The second-order valence-electron chi connectivity index (χ2n) is 8.47. The first-order chi connectivity index (χ1) is 17.9. The van der Waals surface area contributed by atoms with Crippen molar-refractivity contribution in [2.45, 2.75) is 6.42 Å². The number of aromatic nitrogens is 2. The van der Waals surface area contributed by atoms with Gasteiger partial charge in [-0.05, 0) is 54.1 Å². The predicted molar refractivity (Wildman–Crippen MR) is 136 cm³/mol. The van der Waals surface area contributed by atoms with E-state index < -0.39 is 22.8 Å². The maximum absolute atomic E-state index is 14.8. The highest BCUT2D eigenvalue weighted by Crippen LogP contribution is 2.29. The van der Waals surface area contributed by atoms with Crippen LogP contribution in [-0.2, 0) is 4.79 Å². The largest absolute Gasteiger partial charge is 0.353 e. The van der Waals surface area contributed by atoms with E-state index in [0.717, 1.165) is 11.8 Å². The van der Waals surface area contributed by atoms with Gasteiger partial charge >= 0.3 is 0 Å². The highest BCUT2D eigenvalue weighted by atomic mass is 32.2. The number of imide groups is 1. The van der Waals surface area contributed by atoms with E-state index in [1.807, 2.05) is 4.90 Å². The van der Waals surface area contributed by atoms with Gasteiger partial charge in [0.15, 0.2) is 0 Å². The molecule has 0 aliphatic carbocycles. The summed E-state index contributed by atoms with van der Waals surface area (Å²) in [5, 5.41) is 1.73. The van der Waals surface area contributed by atoms with Crippen molar-refractivity contribution < 1.29 is 23.2 Å². The molecule has 0 spiro atoms. The number of anilines is 1. The van der Waals surface area contributed by atoms with E-state index in [2.05, 4.69) is 15.3 Å². The van der Waals surface area contributed by atoms with Crippen molar-refractivity contribution in [3.05, 3.63) is 82.5 Å². The molecule has 1 aromatic heterocycles. The molecule has 0 unspecified atom stereocenters. The number of rotatable bonds is 4. The third kappa shape index (κ3) is 5.36. The SMILES string of the molecule is O=C1NC(=O)/C(=C\c2ccc(F)c(-c3cncc(N4CCCN(C(=O)c5ccccc5F)CC4)n3)c2)S1.